The van der Waals surface area contributed by atoms with Crippen LogP contribution in [0.2, 0.25) is 0 Å². The van der Waals surface area contributed by atoms with Gasteiger partial charge in [0.2, 0.25) is 0 Å². The van der Waals surface area contributed by atoms with Gasteiger partial charge in [0, 0.05) is 18.3 Å². The zero-order valence-corrected chi connectivity index (χ0v) is 13.5. The minimum Gasteiger partial charge on any atom is -0.496 e. The molecule has 9 heteroatoms. The van der Waals surface area contributed by atoms with Crippen molar-refractivity contribution in [2.45, 2.75) is 13.0 Å². The monoisotopic (exact) mass is 341 g/mol. The van der Waals surface area contributed by atoms with Gasteiger partial charge in [-0.25, -0.2) is 0 Å². The Kier molecular flexibility index (Phi) is 4.29. The van der Waals surface area contributed by atoms with Crippen molar-refractivity contribution in [3.63, 3.8) is 0 Å². The van der Waals surface area contributed by atoms with Gasteiger partial charge in [-0.2, -0.15) is 0 Å². The summed E-state index contributed by atoms with van der Waals surface area (Å²) in [5, 5.41) is 21.8. The third kappa shape index (κ3) is 3.11. The summed E-state index contributed by atoms with van der Waals surface area (Å²) >= 11 is 0. The Morgan fingerprint density at radius 2 is 2.12 bits per heavy atom. The van der Waals surface area contributed by atoms with Crippen LogP contribution in [-0.2, 0) is 0 Å². The standard InChI is InChI=1S/C16H15N5O4/c1-10(15-19-18-14-5-3-4-8-20(14)15)17-16(22)12-9-11(21(23)24)6-7-13(12)25-2/h3-10H,1-2H3,(H,17,22). The van der Waals surface area contributed by atoms with Crippen molar-refractivity contribution in [2.75, 3.05) is 7.11 Å². The van der Waals surface area contributed by atoms with Crippen LogP contribution < -0.4 is 10.1 Å². The first kappa shape index (κ1) is 16.4. The van der Waals surface area contributed by atoms with Gasteiger partial charge in [-0.1, -0.05) is 6.07 Å². The Hall–Kier alpha value is -3.49. The van der Waals surface area contributed by atoms with Crippen molar-refractivity contribution in [1.82, 2.24) is 19.9 Å². The number of carbonyl (C=O) groups excluding carboxylic acids is 1. The third-order valence-corrected chi connectivity index (χ3v) is 3.71. The van der Waals surface area contributed by atoms with Gasteiger partial charge < -0.3 is 10.1 Å². The maximum absolute atomic E-state index is 12.6. The van der Waals surface area contributed by atoms with Crippen LogP contribution in [0.25, 0.3) is 5.65 Å². The molecular formula is C16H15N5O4. The summed E-state index contributed by atoms with van der Waals surface area (Å²) in [4.78, 5) is 22.9. The van der Waals surface area contributed by atoms with Gasteiger partial charge in [0.1, 0.15) is 5.75 Å². The lowest BCUT2D eigenvalue weighted by atomic mass is 10.1. The van der Waals surface area contributed by atoms with Gasteiger partial charge in [0.05, 0.1) is 23.6 Å². The SMILES string of the molecule is COc1ccc([N+](=O)[O-])cc1C(=O)NC(C)c1nnc2ccccn12. The van der Waals surface area contributed by atoms with Crippen LogP contribution in [0.1, 0.15) is 29.1 Å². The van der Waals surface area contributed by atoms with Gasteiger partial charge in [0.15, 0.2) is 11.5 Å². The number of aromatic nitrogens is 3. The lowest BCUT2D eigenvalue weighted by molar-refractivity contribution is -0.384. The van der Waals surface area contributed by atoms with Crippen LogP contribution in [-0.4, -0.2) is 32.5 Å². The number of pyridine rings is 1. The van der Waals surface area contributed by atoms with Crippen molar-refractivity contribution in [1.29, 1.82) is 0 Å². The molecule has 0 saturated carbocycles. The van der Waals surface area contributed by atoms with Gasteiger partial charge >= 0.3 is 0 Å². The van der Waals surface area contributed by atoms with E-state index < -0.39 is 16.9 Å². The second-order valence-electron chi connectivity index (χ2n) is 5.32. The van der Waals surface area contributed by atoms with E-state index >= 15 is 0 Å². The molecule has 1 aromatic carbocycles. The average molecular weight is 341 g/mol. The van der Waals surface area contributed by atoms with Gasteiger partial charge in [-0.15, -0.1) is 10.2 Å². The summed E-state index contributed by atoms with van der Waals surface area (Å²) < 4.78 is 6.89. The first-order valence-corrected chi connectivity index (χ1v) is 7.44. The normalized spacial score (nSPS) is 11.9. The number of ether oxygens (including phenoxy) is 1. The zero-order valence-electron chi connectivity index (χ0n) is 13.5. The lowest BCUT2D eigenvalue weighted by Gasteiger charge is -2.14. The fourth-order valence-electron chi connectivity index (χ4n) is 2.48. The van der Waals surface area contributed by atoms with Crippen LogP contribution >= 0.6 is 0 Å². The van der Waals surface area contributed by atoms with E-state index in [9.17, 15) is 14.9 Å². The molecule has 0 radical (unpaired) electrons. The number of hydrogen-bond donors (Lipinski definition) is 1. The molecule has 0 spiro atoms. The van der Waals surface area contributed by atoms with E-state index in [0.717, 1.165) is 0 Å². The summed E-state index contributed by atoms with van der Waals surface area (Å²) in [7, 11) is 1.40. The van der Waals surface area contributed by atoms with Gasteiger partial charge in [0.25, 0.3) is 11.6 Å². The number of nitro groups is 1. The van der Waals surface area contributed by atoms with Crippen molar-refractivity contribution in [2.24, 2.45) is 0 Å². The van der Waals surface area contributed by atoms with Crippen LogP contribution in [0.5, 0.6) is 5.75 Å². The predicted molar refractivity (Wildman–Crippen MR) is 88.5 cm³/mol. The predicted octanol–water partition coefficient (Wildman–Crippen LogP) is 2.14. The highest BCUT2D eigenvalue weighted by Gasteiger charge is 2.21. The van der Waals surface area contributed by atoms with E-state index in [1.54, 1.807) is 23.6 Å². The second-order valence-corrected chi connectivity index (χ2v) is 5.32. The fourth-order valence-corrected chi connectivity index (χ4v) is 2.48. The number of hydrogen-bond acceptors (Lipinski definition) is 6. The Labute approximate surface area is 142 Å². The maximum Gasteiger partial charge on any atom is 0.270 e. The van der Waals surface area contributed by atoms with Crippen molar-refractivity contribution in [3.8, 4) is 5.75 Å². The highest BCUT2D eigenvalue weighted by atomic mass is 16.6. The van der Waals surface area contributed by atoms with Crippen LogP contribution in [0, 0.1) is 10.1 Å². The molecule has 0 fully saturated rings. The molecule has 1 atom stereocenters. The lowest BCUT2D eigenvalue weighted by Crippen LogP contribution is -2.28. The molecule has 0 aliphatic carbocycles. The first-order chi connectivity index (χ1) is 12.0. The second kappa shape index (κ2) is 6.56. The Bertz CT molecular complexity index is 953. The van der Waals surface area contributed by atoms with E-state index in [-0.39, 0.29) is 17.0 Å². The molecule has 1 amide bonds. The number of methoxy groups -OCH3 is 1. The molecule has 128 valence electrons. The molecule has 0 aliphatic heterocycles. The Morgan fingerprint density at radius 3 is 2.84 bits per heavy atom. The number of rotatable bonds is 5. The molecule has 0 bridgehead atoms. The smallest absolute Gasteiger partial charge is 0.270 e. The highest BCUT2D eigenvalue weighted by molar-refractivity contribution is 5.97. The first-order valence-electron chi connectivity index (χ1n) is 7.44. The van der Waals surface area contributed by atoms with E-state index in [1.165, 1.54) is 25.3 Å². The van der Waals surface area contributed by atoms with Crippen molar-refractivity contribution < 1.29 is 14.5 Å². The number of amides is 1. The molecule has 2 heterocycles. The Balaban J connectivity index is 1.89. The van der Waals surface area contributed by atoms with Crippen LogP contribution in [0.15, 0.2) is 42.6 Å². The topological polar surface area (TPSA) is 112 Å². The van der Waals surface area contributed by atoms with Gasteiger partial charge in [-0.05, 0) is 25.1 Å². The summed E-state index contributed by atoms with van der Waals surface area (Å²) in [6, 6.07) is 8.87. The van der Waals surface area contributed by atoms with Crippen LogP contribution in [0.3, 0.4) is 0 Å². The van der Waals surface area contributed by atoms with Crippen molar-refractivity contribution >= 4 is 17.2 Å². The maximum atomic E-state index is 12.6. The van der Waals surface area contributed by atoms with Crippen molar-refractivity contribution in [3.05, 3.63) is 64.1 Å². The largest absolute Gasteiger partial charge is 0.496 e. The summed E-state index contributed by atoms with van der Waals surface area (Å²) in [5.41, 5.74) is 0.551. The third-order valence-electron chi connectivity index (χ3n) is 3.71. The van der Waals surface area contributed by atoms with E-state index in [0.29, 0.717) is 11.5 Å². The molecular weight excluding hydrogens is 326 g/mol. The number of benzene rings is 1. The molecule has 3 rings (SSSR count). The average Bonchev–Trinajstić information content (AvgIpc) is 3.05. The number of nitro benzene ring substituents is 1. The quantitative estimate of drug-likeness (QED) is 0.562. The molecule has 0 saturated heterocycles. The minimum absolute atomic E-state index is 0.0809. The molecule has 3 aromatic rings. The number of nitrogens with zero attached hydrogens (tertiary/aromatic N) is 4. The van der Waals surface area contributed by atoms with E-state index in [4.69, 9.17) is 4.74 Å². The zero-order chi connectivity index (χ0) is 18.0. The molecule has 1 unspecified atom stereocenters. The fraction of sp³-hybridized carbons (Fsp3) is 0.188. The number of carbonyl (C=O) groups is 1. The number of non-ortho nitro benzene ring substituents is 1. The van der Waals surface area contributed by atoms with E-state index in [1.807, 2.05) is 12.1 Å². The molecule has 1 N–H and O–H groups in total. The summed E-state index contributed by atoms with van der Waals surface area (Å²) in [6.07, 6.45) is 1.79. The number of nitrogens with one attached hydrogen (secondary N) is 1. The highest BCUT2D eigenvalue weighted by Crippen LogP contribution is 2.24. The molecule has 0 aliphatic rings. The molecule has 2 aromatic heterocycles. The summed E-state index contributed by atoms with van der Waals surface area (Å²) in [6.45, 7) is 1.76. The number of fused-ring (bicyclic) bond motifs is 1. The Morgan fingerprint density at radius 1 is 1.32 bits per heavy atom. The van der Waals surface area contributed by atoms with E-state index in [2.05, 4.69) is 15.5 Å². The summed E-state index contributed by atoms with van der Waals surface area (Å²) in [5.74, 6) is 0.301. The molecule has 9 nitrogen and oxygen atoms in total. The molecule has 25 heavy (non-hydrogen) atoms. The van der Waals surface area contributed by atoms with Gasteiger partial charge in [-0.3, -0.25) is 19.3 Å². The van der Waals surface area contributed by atoms with Crippen LogP contribution in [0.4, 0.5) is 5.69 Å². The minimum atomic E-state index is -0.564.